The van der Waals surface area contributed by atoms with Crippen LogP contribution in [0.5, 0.6) is 0 Å². The smallest absolute Gasteiger partial charge is 0.253 e. The third kappa shape index (κ3) is 4.23. The number of H-pyrrole nitrogens is 1. The van der Waals surface area contributed by atoms with Crippen LogP contribution in [0.4, 0.5) is 5.69 Å². The highest BCUT2D eigenvalue weighted by Gasteiger charge is 2.24. The van der Waals surface area contributed by atoms with Gasteiger partial charge in [0.2, 0.25) is 0 Å². The molecule has 1 fully saturated rings. The van der Waals surface area contributed by atoms with E-state index in [0.29, 0.717) is 29.9 Å². The number of carbonyl (C=O) groups is 1. The van der Waals surface area contributed by atoms with Crippen LogP contribution in [0.3, 0.4) is 0 Å². The van der Waals surface area contributed by atoms with E-state index in [1.807, 2.05) is 54.6 Å². The lowest BCUT2D eigenvalue weighted by Gasteiger charge is -2.14. The molecule has 4 rings (SSSR count). The van der Waals surface area contributed by atoms with Gasteiger partial charge in [-0.15, -0.1) is 0 Å². The Morgan fingerprint density at radius 3 is 2.70 bits per heavy atom. The standard InChI is InChI=1S/C21H22N4O2/c1-14(27-13-15-11-12-15)21(26)22-18-10-6-5-9-17(18)20-23-19(24-25-20)16-7-3-2-4-8-16/h2-10,14-15H,11-13H2,1H3,(H,22,26)(H,23,24,25). The number of para-hydroxylation sites is 1. The summed E-state index contributed by atoms with van der Waals surface area (Å²) in [6.07, 6.45) is 1.91. The second kappa shape index (κ2) is 7.72. The van der Waals surface area contributed by atoms with Crippen molar-refractivity contribution in [2.24, 2.45) is 5.92 Å². The lowest BCUT2D eigenvalue weighted by Crippen LogP contribution is -2.28. The summed E-state index contributed by atoms with van der Waals surface area (Å²) in [5.41, 5.74) is 2.40. The highest BCUT2D eigenvalue weighted by atomic mass is 16.5. The first kappa shape index (κ1) is 17.4. The zero-order chi connectivity index (χ0) is 18.6. The first-order valence-corrected chi connectivity index (χ1v) is 9.20. The Bertz CT molecular complexity index is 919. The maximum absolute atomic E-state index is 12.5. The number of hydrogen-bond donors (Lipinski definition) is 2. The highest BCUT2D eigenvalue weighted by Crippen LogP contribution is 2.30. The largest absolute Gasteiger partial charge is 0.368 e. The van der Waals surface area contributed by atoms with Gasteiger partial charge in [0.05, 0.1) is 12.3 Å². The molecule has 0 spiro atoms. The molecule has 0 radical (unpaired) electrons. The number of benzene rings is 2. The van der Waals surface area contributed by atoms with Crippen LogP contribution in [0.2, 0.25) is 0 Å². The number of hydrogen-bond acceptors (Lipinski definition) is 4. The van der Waals surface area contributed by atoms with Crippen molar-refractivity contribution in [3.05, 3.63) is 54.6 Å². The van der Waals surface area contributed by atoms with E-state index in [-0.39, 0.29) is 5.91 Å². The lowest BCUT2D eigenvalue weighted by atomic mass is 10.1. The van der Waals surface area contributed by atoms with Crippen molar-refractivity contribution < 1.29 is 9.53 Å². The van der Waals surface area contributed by atoms with Crippen LogP contribution < -0.4 is 5.32 Å². The Kier molecular flexibility index (Phi) is 4.98. The Labute approximate surface area is 158 Å². The second-order valence-corrected chi connectivity index (χ2v) is 6.83. The number of aromatic nitrogens is 3. The van der Waals surface area contributed by atoms with Crippen molar-refractivity contribution in [3.63, 3.8) is 0 Å². The number of nitrogens with one attached hydrogen (secondary N) is 2. The van der Waals surface area contributed by atoms with Gasteiger partial charge in [0, 0.05) is 11.1 Å². The zero-order valence-electron chi connectivity index (χ0n) is 15.2. The number of rotatable bonds is 7. The molecule has 1 aliphatic rings. The van der Waals surface area contributed by atoms with Gasteiger partial charge in [-0.3, -0.25) is 9.89 Å². The zero-order valence-corrected chi connectivity index (χ0v) is 15.2. The minimum atomic E-state index is -0.492. The molecule has 2 N–H and O–H groups in total. The molecular formula is C21H22N4O2. The maximum Gasteiger partial charge on any atom is 0.253 e. The third-order valence-electron chi connectivity index (χ3n) is 4.61. The molecule has 1 saturated carbocycles. The molecule has 2 aromatic carbocycles. The van der Waals surface area contributed by atoms with E-state index < -0.39 is 6.10 Å². The Balaban J connectivity index is 1.51. The number of nitrogens with zero attached hydrogens (tertiary/aromatic N) is 2. The van der Waals surface area contributed by atoms with Gasteiger partial charge < -0.3 is 10.1 Å². The summed E-state index contributed by atoms with van der Waals surface area (Å²) in [4.78, 5) is 17.1. The molecule has 1 aliphatic carbocycles. The van der Waals surface area contributed by atoms with Crippen molar-refractivity contribution in [1.29, 1.82) is 0 Å². The summed E-state index contributed by atoms with van der Waals surface area (Å²) in [7, 11) is 0. The summed E-state index contributed by atoms with van der Waals surface area (Å²) in [5.74, 6) is 1.69. The molecule has 6 nitrogen and oxygen atoms in total. The number of amides is 1. The molecule has 1 aromatic heterocycles. The first-order chi connectivity index (χ1) is 13.2. The third-order valence-corrected chi connectivity index (χ3v) is 4.61. The number of aromatic amines is 1. The first-order valence-electron chi connectivity index (χ1n) is 9.20. The number of ether oxygens (including phenoxy) is 1. The Morgan fingerprint density at radius 2 is 1.93 bits per heavy atom. The van der Waals surface area contributed by atoms with Gasteiger partial charge in [-0.05, 0) is 37.8 Å². The second-order valence-electron chi connectivity index (χ2n) is 6.83. The Morgan fingerprint density at radius 1 is 1.19 bits per heavy atom. The van der Waals surface area contributed by atoms with E-state index in [2.05, 4.69) is 20.5 Å². The molecule has 1 unspecified atom stereocenters. The normalized spacial score (nSPS) is 14.7. The molecule has 0 saturated heterocycles. The van der Waals surface area contributed by atoms with Crippen LogP contribution in [0, 0.1) is 5.92 Å². The molecule has 6 heteroatoms. The van der Waals surface area contributed by atoms with Gasteiger partial charge in [-0.1, -0.05) is 42.5 Å². The summed E-state index contributed by atoms with van der Waals surface area (Å²) in [6.45, 7) is 2.43. The van der Waals surface area contributed by atoms with E-state index in [9.17, 15) is 4.79 Å². The number of carbonyl (C=O) groups excluding carboxylic acids is 1. The predicted molar refractivity (Wildman–Crippen MR) is 104 cm³/mol. The topological polar surface area (TPSA) is 79.9 Å². The average Bonchev–Trinajstić information content (AvgIpc) is 3.41. The summed E-state index contributed by atoms with van der Waals surface area (Å²) < 4.78 is 5.66. The van der Waals surface area contributed by atoms with Crippen LogP contribution in [-0.2, 0) is 9.53 Å². The minimum absolute atomic E-state index is 0.161. The molecule has 0 aliphatic heterocycles. The fraction of sp³-hybridized carbons (Fsp3) is 0.286. The van der Waals surface area contributed by atoms with Crippen LogP contribution in [0.25, 0.3) is 22.8 Å². The fourth-order valence-corrected chi connectivity index (χ4v) is 2.77. The SMILES string of the molecule is CC(OCC1CC1)C(=O)Nc1ccccc1-c1nc(-c2ccccc2)n[nH]1. The molecule has 1 amide bonds. The van der Waals surface area contributed by atoms with Gasteiger partial charge in [-0.2, -0.15) is 5.10 Å². The molecule has 1 heterocycles. The van der Waals surface area contributed by atoms with E-state index in [0.717, 1.165) is 11.1 Å². The van der Waals surface area contributed by atoms with Crippen molar-refractivity contribution >= 4 is 11.6 Å². The molecular weight excluding hydrogens is 340 g/mol. The summed E-state index contributed by atoms with van der Waals surface area (Å²) in [6, 6.07) is 17.3. The van der Waals surface area contributed by atoms with Crippen LogP contribution in [0.15, 0.2) is 54.6 Å². The molecule has 1 atom stereocenters. The summed E-state index contributed by atoms with van der Waals surface area (Å²) in [5, 5.41) is 10.2. The van der Waals surface area contributed by atoms with Gasteiger partial charge in [0.15, 0.2) is 11.6 Å². The highest BCUT2D eigenvalue weighted by molar-refractivity contribution is 5.97. The van der Waals surface area contributed by atoms with E-state index in [1.165, 1.54) is 12.8 Å². The van der Waals surface area contributed by atoms with Crippen LogP contribution in [0.1, 0.15) is 19.8 Å². The van der Waals surface area contributed by atoms with E-state index in [4.69, 9.17) is 4.74 Å². The van der Waals surface area contributed by atoms with E-state index >= 15 is 0 Å². The predicted octanol–water partition coefficient (Wildman–Crippen LogP) is 3.89. The van der Waals surface area contributed by atoms with E-state index in [1.54, 1.807) is 6.92 Å². The minimum Gasteiger partial charge on any atom is -0.368 e. The molecule has 27 heavy (non-hydrogen) atoms. The summed E-state index contributed by atoms with van der Waals surface area (Å²) >= 11 is 0. The van der Waals surface area contributed by atoms with Crippen LogP contribution >= 0.6 is 0 Å². The van der Waals surface area contributed by atoms with Gasteiger partial charge in [0.25, 0.3) is 5.91 Å². The maximum atomic E-state index is 12.5. The monoisotopic (exact) mass is 362 g/mol. The quantitative estimate of drug-likeness (QED) is 0.668. The van der Waals surface area contributed by atoms with Crippen molar-refractivity contribution in [2.75, 3.05) is 11.9 Å². The van der Waals surface area contributed by atoms with Crippen LogP contribution in [-0.4, -0.2) is 33.8 Å². The molecule has 138 valence electrons. The molecule has 3 aromatic rings. The average molecular weight is 362 g/mol. The van der Waals surface area contributed by atoms with Gasteiger partial charge >= 0.3 is 0 Å². The molecule has 0 bridgehead atoms. The number of anilines is 1. The van der Waals surface area contributed by atoms with Crippen molar-refractivity contribution in [3.8, 4) is 22.8 Å². The Hall–Kier alpha value is -2.99. The van der Waals surface area contributed by atoms with Gasteiger partial charge in [-0.25, -0.2) is 4.98 Å². The van der Waals surface area contributed by atoms with Crippen molar-refractivity contribution in [1.82, 2.24) is 15.2 Å². The van der Waals surface area contributed by atoms with Crippen molar-refractivity contribution in [2.45, 2.75) is 25.9 Å². The fourth-order valence-electron chi connectivity index (χ4n) is 2.77. The van der Waals surface area contributed by atoms with Gasteiger partial charge in [0.1, 0.15) is 6.10 Å². The lowest BCUT2D eigenvalue weighted by molar-refractivity contribution is -0.126.